The van der Waals surface area contributed by atoms with E-state index in [1.54, 1.807) is 0 Å². The van der Waals surface area contributed by atoms with Crippen LogP contribution in [0.1, 0.15) is 12.0 Å². The van der Waals surface area contributed by atoms with Gasteiger partial charge in [0.2, 0.25) is 0 Å². The third kappa shape index (κ3) is 1.96. The molecule has 1 saturated heterocycles. The van der Waals surface area contributed by atoms with Crippen LogP contribution in [-0.4, -0.2) is 12.3 Å². The highest BCUT2D eigenvalue weighted by molar-refractivity contribution is 7.73. The lowest BCUT2D eigenvalue weighted by Gasteiger charge is -2.26. The maximum atomic E-state index is 12.2. The number of hydrogen-bond acceptors (Lipinski definition) is 1. The van der Waals surface area contributed by atoms with Crippen LogP contribution < -0.4 is 5.30 Å². The van der Waals surface area contributed by atoms with Gasteiger partial charge in [-0.25, -0.2) is 0 Å². The standard InChI is InChI=1S/C10H10F3OP/c11-10(12,13)8-2-4-9(5-3-8)15(14)6-1-7-15/h2-5H,1,6-7H2. The SMILES string of the molecule is O=P1(c2ccc(C(F)(F)F)cc2)CCC1. The first-order valence-electron chi connectivity index (χ1n) is 4.68. The number of rotatable bonds is 1. The van der Waals surface area contributed by atoms with Gasteiger partial charge in [0, 0.05) is 17.6 Å². The Kier molecular flexibility index (Phi) is 2.42. The Balaban J connectivity index is 2.29. The fraction of sp³-hybridized carbons (Fsp3) is 0.400. The lowest BCUT2D eigenvalue weighted by atomic mass is 10.2. The average Bonchev–Trinajstić information content (AvgIpc) is 2.13. The molecule has 1 aliphatic heterocycles. The van der Waals surface area contributed by atoms with Crippen LogP contribution in [0.25, 0.3) is 0 Å². The number of benzene rings is 1. The summed E-state index contributed by atoms with van der Waals surface area (Å²) in [5.41, 5.74) is -0.682. The molecule has 0 atom stereocenters. The highest BCUT2D eigenvalue weighted by atomic mass is 31.2. The van der Waals surface area contributed by atoms with E-state index in [0.29, 0.717) is 17.6 Å². The molecule has 0 aromatic heterocycles. The van der Waals surface area contributed by atoms with Gasteiger partial charge in [-0.05, 0) is 18.6 Å². The molecule has 0 bridgehead atoms. The monoisotopic (exact) mass is 234 g/mol. The van der Waals surface area contributed by atoms with Gasteiger partial charge in [-0.3, -0.25) is 0 Å². The molecule has 0 saturated carbocycles. The minimum Gasteiger partial charge on any atom is -0.319 e. The van der Waals surface area contributed by atoms with E-state index in [0.717, 1.165) is 18.6 Å². The van der Waals surface area contributed by atoms with E-state index in [2.05, 4.69) is 0 Å². The van der Waals surface area contributed by atoms with Gasteiger partial charge in [-0.1, -0.05) is 12.1 Å². The smallest absolute Gasteiger partial charge is 0.319 e. The van der Waals surface area contributed by atoms with Crippen molar-refractivity contribution in [3.05, 3.63) is 29.8 Å². The van der Waals surface area contributed by atoms with Gasteiger partial charge in [0.1, 0.15) is 7.14 Å². The quantitative estimate of drug-likeness (QED) is 0.682. The molecule has 82 valence electrons. The van der Waals surface area contributed by atoms with Crippen LogP contribution in [0.2, 0.25) is 0 Å². The summed E-state index contributed by atoms with van der Waals surface area (Å²) in [4.78, 5) is 0. The van der Waals surface area contributed by atoms with E-state index in [1.807, 2.05) is 0 Å². The third-order valence-electron chi connectivity index (χ3n) is 2.70. The molecule has 15 heavy (non-hydrogen) atoms. The fourth-order valence-corrected chi connectivity index (χ4v) is 3.73. The molecule has 2 rings (SSSR count). The Bertz CT molecular complexity index is 400. The number of halogens is 3. The number of alkyl halides is 3. The second kappa shape index (κ2) is 3.38. The lowest BCUT2D eigenvalue weighted by Crippen LogP contribution is -2.20. The Morgan fingerprint density at radius 3 is 1.93 bits per heavy atom. The van der Waals surface area contributed by atoms with Crippen LogP contribution in [0.4, 0.5) is 13.2 Å². The summed E-state index contributed by atoms with van der Waals surface area (Å²) in [6.07, 6.45) is -2.12. The summed E-state index contributed by atoms with van der Waals surface area (Å²) in [5.74, 6) is 0. The first-order valence-corrected chi connectivity index (χ1v) is 6.75. The average molecular weight is 234 g/mol. The molecule has 5 heteroatoms. The summed E-state index contributed by atoms with van der Waals surface area (Å²) < 4.78 is 48.7. The zero-order chi connectivity index (χ0) is 11.1. The summed E-state index contributed by atoms with van der Waals surface area (Å²) in [6, 6.07) is 4.71. The van der Waals surface area contributed by atoms with Crippen LogP contribution in [0, 0.1) is 0 Å². The first-order chi connectivity index (χ1) is 6.92. The Morgan fingerprint density at radius 2 is 1.60 bits per heavy atom. The molecule has 0 unspecified atom stereocenters. The topological polar surface area (TPSA) is 17.1 Å². The molecule has 1 heterocycles. The van der Waals surface area contributed by atoms with Gasteiger partial charge < -0.3 is 4.57 Å². The normalized spacial score (nSPS) is 19.7. The van der Waals surface area contributed by atoms with Crippen molar-refractivity contribution in [1.82, 2.24) is 0 Å². The molecule has 0 N–H and O–H groups in total. The molecule has 0 spiro atoms. The predicted molar refractivity (Wildman–Crippen MR) is 53.0 cm³/mol. The van der Waals surface area contributed by atoms with Crippen molar-refractivity contribution in [2.75, 3.05) is 12.3 Å². The van der Waals surface area contributed by atoms with Crippen molar-refractivity contribution in [2.45, 2.75) is 12.6 Å². The first kappa shape index (κ1) is 10.7. The van der Waals surface area contributed by atoms with Crippen molar-refractivity contribution in [1.29, 1.82) is 0 Å². The van der Waals surface area contributed by atoms with Gasteiger partial charge in [0.15, 0.2) is 0 Å². The maximum absolute atomic E-state index is 12.2. The van der Waals surface area contributed by atoms with Crippen molar-refractivity contribution in [2.24, 2.45) is 0 Å². The number of hydrogen-bond donors (Lipinski definition) is 0. The van der Waals surface area contributed by atoms with E-state index < -0.39 is 18.9 Å². The van der Waals surface area contributed by atoms with Crippen molar-refractivity contribution in [3.63, 3.8) is 0 Å². The lowest BCUT2D eigenvalue weighted by molar-refractivity contribution is -0.137. The zero-order valence-electron chi connectivity index (χ0n) is 7.92. The van der Waals surface area contributed by atoms with Crippen molar-refractivity contribution in [3.8, 4) is 0 Å². The molecule has 1 nitrogen and oxygen atoms in total. The largest absolute Gasteiger partial charge is 0.416 e. The minimum absolute atomic E-state index is 0.585. The van der Waals surface area contributed by atoms with Gasteiger partial charge in [0.05, 0.1) is 5.56 Å². The van der Waals surface area contributed by atoms with E-state index >= 15 is 0 Å². The summed E-state index contributed by atoms with van der Waals surface area (Å²) in [7, 11) is -2.28. The Hall–Kier alpha value is -0.760. The highest BCUT2D eigenvalue weighted by Gasteiger charge is 2.34. The highest BCUT2D eigenvalue weighted by Crippen LogP contribution is 2.53. The predicted octanol–water partition coefficient (Wildman–Crippen LogP) is 3.10. The van der Waals surface area contributed by atoms with E-state index in [1.165, 1.54) is 12.1 Å². The molecule has 0 radical (unpaired) electrons. The molecule has 0 aliphatic carbocycles. The molecular formula is C10H10F3OP. The van der Waals surface area contributed by atoms with Crippen molar-refractivity contribution < 1.29 is 17.7 Å². The van der Waals surface area contributed by atoms with Gasteiger partial charge >= 0.3 is 6.18 Å². The molecule has 1 aromatic carbocycles. The fourth-order valence-electron chi connectivity index (χ4n) is 1.63. The minimum atomic E-state index is -4.31. The summed E-state index contributed by atoms with van der Waals surface area (Å²) >= 11 is 0. The summed E-state index contributed by atoms with van der Waals surface area (Å²) in [5, 5.41) is 0.585. The van der Waals surface area contributed by atoms with E-state index in [4.69, 9.17) is 0 Å². The van der Waals surface area contributed by atoms with Crippen LogP contribution in [0.15, 0.2) is 24.3 Å². The molecule has 1 aliphatic rings. The molecule has 1 aromatic rings. The second-order valence-electron chi connectivity index (χ2n) is 3.73. The summed E-state index contributed by atoms with van der Waals surface area (Å²) in [6.45, 7) is 0. The Labute approximate surface area is 85.7 Å². The zero-order valence-corrected chi connectivity index (χ0v) is 8.81. The second-order valence-corrected chi connectivity index (χ2v) is 6.92. The molecule has 0 amide bonds. The van der Waals surface area contributed by atoms with Gasteiger partial charge in [-0.2, -0.15) is 13.2 Å². The third-order valence-corrected chi connectivity index (χ3v) is 6.02. The van der Waals surface area contributed by atoms with E-state index in [-0.39, 0.29) is 0 Å². The van der Waals surface area contributed by atoms with Gasteiger partial charge in [0.25, 0.3) is 0 Å². The van der Waals surface area contributed by atoms with E-state index in [9.17, 15) is 17.7 Å². The Morgan fingerprint density at radius 1 is 1.07 bits per heavy atom. The van der Waals surface area contributed by atoms with Crippen LogP contribution in [0.3, 0.4) is 0 Å². The van der Waals surface area contributed by atoms with Crippen LogP contribution in [-0.2, 0) is 10.7 Å². The molecular weight excluding hydrogens is 224 g/mol. The maximum Gasteiger partial charge on any atom is 0.416 e. The molecule has 1 fully saturated rings. The van der Waals surface area contributed by atoms with Crippen LogP contribution >= 0.6 is 7.14 Å². The van der Waals surface area contributed by atoms with Gasteiger partial charge in [-0.15, -0.1) is 0 Å². The van der Waals surface area contributed by atoms with Crippen LogP contribution in [0.5, 0.6) is 0 Å². The van der Waals surface area contributed by atoms with Crippen molar-refractivity contribution >= 4 is 12.4 Å².